The molecular weight excluding hydrogens is 368 g/mol. The molecule has 6 heteroatoms. The van der Waals surface area contributed by atoms with Crippen molar-refractivity contribution in [1.29, 1.82) is 0 Å². The van der Waals surface area contributed by atoms with Gasteiger partial charge in [-0.25, -0.2) is 4.79 Å². The molecule has 2 aromatic carbocycles. The van der Waals surface area contributed by atoms with Crippen LogP contribution in [0.15, 0.2) is 53.0 Å². The van der Waals surface area contributed by atoms with Crippen LogP contribution in [0.3, 0.4) is 0 Å². The fourth-order valence-electron chi connectivity index (χ4n) is 1.77. The molecule has 0 aliphatic heterocycles. The third-order valence-electron chi connectivity index (χ3n) is 2.85. The maximum absolute atomic E-state index is 11.7. The van der Waals surface area contributed by atoms with Crippen LogP contribution in [0.25, 0.3) is 0 Å². The number of hydrogen-bond acceptors (Lipinski definition) is 2. The highest BCUT2D eigenvalue weighted by atomic mass is 79.9. The molecule has 0 aliphatic carbocycles. The zero-order chi connectivity index (χ0) is 15.8. The van der Waals surface area contributed by atoms with Crippen LogP contribution in [0.2, 0.25) is 5.02 Å². The summed E-state index contributed by atoms with van der Waals surface area (Å²) in [6, 6.07) is 14.7. The number of carbonyl (C=O) groups excluding carboxylic acids is 1. The first kappa shape index (κ1) is 16.6. The smallest absolute Gasteiger partial charge is 0.315 e. The summed E-state index contributed by atoms with van der Waals surface area (Å²) in [7, 11) is 0. The SMILES string of the molecule is O=C(NCCOc1cccc(Br)c1)NCc1ccccc1Cl. The van der Waals surface area contributed by atoms with Crippen molar-refractivity contribution in [2.24, 2.45) is 0 Å². The van der Waals surface area contributed by atoms with Crippen molar-refractivity contribution < 1.29 is 9.53 Å². The summed E-state index contributed by atoms with van der Waals surface area (Å²) in [6.07, 6.45) is 0. The fourth-order valence-corrected chi connectivity index (χ4v) is 2.35. The summed E-state index contributed by atoms with van der Waals surface area (Å²) in [6.45, 7) is 1.20. The average molecular weight is 384 g/mol. The second-order valence-corrected chi connectivity index (χ2v) is 5.83. The first-order chi connectivity index (χ1) is 10.6. The number of urea groups is 1. The van der Waals surface area contributed by atoms with E-state index in [9.17, 15) is 4.79 Å². The topological polar surface area (TPSA) is 50.4 Å². The molecule has 0 spiro atoms. The molecule has 0 heterocycles. The van der Waals surface area contributed by atoms with E-state index in [4.69, 9.17) is 16.3 Å². The summed E-state index contributed by atoms with van der Waals surface area (Å²) in [4.78, 5) is 11.7. The lowest BCUT2D eigenvalue weighted by atomic mass is 10.2. The molecule has 0 atom stereocenters. The van der Waals surface area contributed by atoms with Gasteiger partial charge >= 0.3 is 6.03 Å². The Labute approximate surface area is 142 Å². The molecule has 2 N–H and O–H groups in total. The minimum Gasteiger partial charge on any atom is -0.492 e. The fraction of sp³-hybridized carbons (Fsp3) is 0.188. The van der Waals surface area contributed by atoms with Crippen LogP contribution in [0, 0.1) is 0 Å². The van der Waals surface area contributed by atoms with Crippen LogP contribution in [-0.4, -0.2) is 19.2 Å². The molecule has 22 heavy (non-hydrogen) atoms. The monoisotopic (exact) mass is 382 g/mol. The minimum atomic E-state index is -0.252. The maximum atomic E-state index is 11.7. The van der Waals surface area contributed by atoms with E-state index in [-0.39, 0.29) is 6.03 Å². The third-order valence-corrected chi connectivity index (χ3v) is 3.71. The van der Waals surface area contributed by atoms with Crippen molar-refractivity contribution in [3.05, 3.63) is 63.6 Å². The first-order valence-electron chi connectivity index (χ1n) is 6.78. The number of nitrogens with one attached hydrogen (secondary N) is 2. The molecular formula is C16H16BrClN2O2. The third kappa shape index (κ3) is 5.58. The van der Waals surface area contributed by atoms with Crippen molar-refractivity contribution in [1.82, 2.24) is 10.6 Å². The Morgan fingerprint density at radius 2 is 1.95 bits per heavy atom. The zero-order valence-electron chi connectivity index (χ0n) is 11.8. The second kappa shape index (κ2) is 8.66. The van der Waals surface area contributed by atoms with Crippen LogP contribution in [0.4, 0.5) is 4.79 Å². The highest BCUT2D eigenvalue weighted by molar-refractivity contribution is 9.10. The lowest BCUT2D eigenvalue weighted by Crippen LogP contribution is -2.37. The molecule has 0 aromatic heterocycles. The number of amides is 2. The number of hydrogen-bond donors (Lipinski definition) is 2. The standard InChI is InChI=1S/C16H16BrClN2O2/c17-13-5-3-6-14(10-13)22-9-8-19-16(21)20-11-12-4-1-2-7-15(12)18/h1-7,10H,8-9,11H2,(H2,19,20,21). The van der Waals surface area contributed by atoms with E-state index in [1.165, 1.54) is 0 Å². The van der Waals surface area contributed by atoms with Crippen molar-refractivity contribution in [3.63, 3.8) is 0 Å². The minimum absolute atomic E-state index is 0.252. The van der Waals surface area contributed by atoms with E-state index in [0.717, 1.165) is 15.8 Å². The number of ether oxygens (including phenoxy) is 1. The predicted molar refractivity (Wildman–Crippen MR) is 91.3 cm³/mol. The summed E-state index contributed by atoms with van der Waals surface area (Å²) in [5.74, 6) is 0.757. The Bertz CT molecular complexity index is 637. The summed E-state index contributed by atoms with van der Waals surface area (Å²) in [5, 5.41) is 6.12. The van der Waals surface area contributed by atoms with Gasteiger partial charge in [0.2, 0.25) is 0 Å². The molecule has 2 rings (SSSR count). The Kier molecular flexibility index (Phi) is 6.55. The first-order valence-corrected chi connectivity index (χ1v) is 7.96. The van der Waals surface area contributed by atoms with Gasteiger partial charge in [-0.15, -0.1) is 0 Å². The molecule has 2 amide bonds. The van der Waals surface area contributed by atoms with E-state index in [2.05, 4.69) is 26.6 Å². The Morgan fingerprint density at radius 3 is 2.73 bits per heavy atom. The van der Waals surface area contributed by atoms with Gasteiger partial charge in [0.05, 0.1) is 6.54 Å². The van der Waals surface area contributed by atoms with E-state index in [1.54, 1.807) is 6.07 Å². The number of rotatable bonds is 6. The van der Waals surface area contributed by atoms with Crippen LogP contribution in [0.1, 0.15) is 5.56 Å². The lowest BCUT2D eigenvalue weighted by molar-refractivity contribution is 0.236. The summed E-state index contributed by atoms with van der Waals surface area (Å²) >= 11 is 9.39. The Balaban J connectivity index is 1.65. The normalized spacial score (nSPS) is 10.1. The predicted octanol–water partition coefficient (Wildman–Crippen LogP) is 3.98. The molecule has 2 aromatic rings. The van der Waals surface area contributed by atoms with Gasteiger partial charge in [0, 0.05) is 16.0 Å². The quantitative estimate of drug-likeness (QED) is 0.741. The van der Waals surface area contributed by atoms with E-state index < -0.39 is 0 Å². The molecule has 0 aliphatic rings. The van der Waals surface area contributed by atoms with E-state index >= 15 is 0 Å². The molecule has 4 nitrogen and oxygen atoms in total. The number of benzene rings is 2. The van der Waals surface area contributed by atoms with Crippen LogP contribution in [0.5, 0.6) is 5.75 Å². The van der Waals surface area contributed by atoms with Gasteiger partial charge in [-0.05, 0) is 29.8 Å². The van der Waals surface area contributed by atoms with Crippen LogP contribution < -0.4 is 15.4 Å². The molecule has 116 valence electrons. The van der Waals surface area contributed by atoms with Gasteiger partial charge in [0.15, 0.2) is 0 Å². The van der Waals surface area contributed by atoms with Gasteiger partial charge in [0.1, 0.15) is 12.4 Å². The molecule has 0 unspecified atom stereocenters. The van der Waals surface area contributed by atoms with Crippen molar-refractivity contribution in [2.75, 3.05) is 13.2 Å². The summed E-state index contributed by atoms with van der Waals surface area (Å²) in [5.41, 5.74) is 0.879. The van der Waals surface area contributed by atoms with Gasteiger partial charge in [-0.1, -0.05) is 51.8 Å². The van der Waals surface area contributed by atoms with Gasteiger partial charge in [-0.3, -0.25) is 0 Å². The average Bonchev–Trinajstić information content (AvgIpc) is 2.51. The van der Waals surface area contributed by atoms with Crippen LogP contribution in [-0.2, 0) is 6.54 Å². The van der Waals surface area contributed by atoms with Gasteiger partial charge < -0.3 is 15.4 Å². The second-order valence-electron chi connectivity index (χ2n) is 4.51. The molecule has 0 saturated carbocycles. The number of carbonyl (C=O) groups is 1. The van der Waals surface area contributed by atoms with E-state index in [0.29, 0.717) is 24.7 Å². The Hall–Kier alpha value is -1.72. The number of halogens is 2. The van der Waals surface area contributed by atoms with Gasteiger partial charge in [-0.2, -0.15) is 0 Å². The zero-order valence-corrected chi connectivity index (χ0v) is 14.2. The largest absolute Gasteiger partial charge is 0.492 e. The highest BCUT2D eigenvalue weighted by Gasteiger charge is 2.03. The van der Waals surface area contributed by atoms with Crippen molar-refractivity contribution in [3.8, 4) is 5.75 Å². The van der Waals surface area contributed by atoms with Crippen molar-refractivity contribution in [2.45, 2.75) is 6.54 Å². The molecule has 0 bridgehead atoms. The summed E-state index contributed by atoms with van der Waals surface area (Å²) < 4.78 is 6.48. The van der Waals surface area contributed by atoms with Crippen LogP contribution >= 0.6 is 27.5 Å². The van der Waals surface area contributed by atoms with Crippen molar-refractivity contribution >= 4 is 33.6 Å². The highest BCUT2D eigenvalue weighted by Crippen LogP contribution is 2.17. The lowest BCUT2D eigenvalue weighted by Gasteiger charge is -2.10. The molecule has 0 radical (unpaired) electrons. The molecule has 0 saturated heterocycles. The molecule has 0 fully saturated rings. The van der Waals surface area contributed by atoms with E-state index in [1.807, 2.05) is 42.5 Å². The van der Waals surface area contributed by atoms with Gasteiger partial charge in [0.25, 0.3) is 0 Å². The maximum Gasteiger partial charge on any atom is 0.315 e. The Morgan fingerprint density at radius 1 is 1.14 bits per heavy atom.